The normalized spacial score (nSPS) is 10.9. The van der Waals surface area contributed by atoms with Gasteiger partial charge in [0, 0.05) is 31.3 Å². The molecule has 2 rings (SSSR count). The summed E-state index contributed by atoms with van der Waals surface area (Å²) in [4.78, 5) is 37.6. The summed E-state index contributed by atoms with van der Waals surface area (Å²) in [5.41, 5.74) is 2.83. The highest BCUT2D eigenvalue weighted by Gasteiger charge is 2.16. The Morgan fingerprint density at radius 2 is 1.69 bits per heavy atom. The molecule has 6 nitrogen and oxygen atoms in total. The molecule has 0 aliphatic rings. The average Bonchev–Trinajstić information content (AvgIpc) is 2.67. The number of hydrogen-bond acceptors (Lipinski definition) is 4. The summed E-state index contributed by atoms with van der Waals surface area (Å²) in [6, 6.07) is 14.3. The van der Waals surface area contributed by atoms with Gasteiger partial charge in [-0.15, -0.1) is 0 Å². The van der Waals surface area contributed by atoms with Crippen molar-refractivity contribution in [2.75, 3.05) is 23.9 Å². The lowest BCUT2D eigenvalue weighted by Gasteiger charge is -2.21. The lowest BCUT2D eigenvalue weighted by Crippen LogP contribution is -2.32. The molecule has 29 heavy (non-hydrogen) atoms. The van der Waals surface area contributed by atoms with Gasteiger partial charge in [-0.05, 0) is 41.3 Å². The van der Waals surface area contributed by atoms with Gasteiger partial charge in [0.05, 0.1) is 12.7 Å². The predicted molar refractivity (Wildman–Crippen MR) is 114 cm³/mol. The lowest BCUT2D eigenvalue weighted by atomic mass is 9.87. The van der Waals surface area contributed by atoms with Crippen LogP contribution in [-0.4, -0.2) is 31.4 Å². The second kappa shape index (κ2) is 9.37. The molecule has 0 atom stereocenters. The standard InChI is InChI=1S/C23H28N2O4/c1-16(26)25(20-8-6-7-17(15-20)22(28)29-5)14-13-21(27)24-19-11-9-18(10-12-19)23(2,3)4/h6-12,15H,13-14H2,1-5H3,(H,24,27). The van der Waals surface area contributed by atoms with E-state index in [1.165, 1.54) is 24.5 Å². The van der Waals surface area contributed by atoms with Gasteiger partial charge >= 0.3 is 5.97 Å². The molecule has 2 amide bonds. The summed E-state index contributed by atoms with van der Waals surface area (Å²) >= 11 is 0. The number of ether oxygens (including phenoxy) is 1. The Morgan fingerprint density at radius 3 is 2.24 bits per heavy atom. The van der Waals surface area contributed by atoms with Crippen LogP contribution in [0.2, 0.25) is 0 Å². The molecule has 6 heteroatoms. The van der Waals surface area contributed by atoms with Crippen LogP contribution < -0.4 is 10.2 Å². The van der Waals surface area contributed by atoms with E-state index in [4.69, 9.17) is 4.74 Å². The fourth-order valence-electron chi connectivity index (χ4n) is 2.88. The van der Waals surface area contributed by atoms with E-state index in [-0.39, 0.29) is 30.2 Å². The third kappa shape index (κ3) is 6.17. The second-order valence-electron chi connectivity index (χ2n) is 7.84. The molecular formula is C23H28N2O4. The number of nitrogens with one attached hydrogen (secondary N) is 1. The molecule has 0 radical (unpaired) electrons. The Labute approximate surface area is 171 Å². The maximum absolute atomic E-state index is 12.4. The van der Waals surface area contributed by atoms with Crippen molar-refractivity contribution in [3.8, 4) is 0 Å². The Hall–Kier alpha value is -3.15. The molecule has 1 N–H and O–H groups in total. The van der Waals surface area contributed by atoms with Crippen molar-refractivity contribution in [1.82, 2.24) is 0 Å². The number of esters is 1. The molecule has 0 heterocycles. The Balaban J connectivity index is 2.03. The van der Waals surface area contributed by atoms with E-state index in [0.717, 1.165) is 0 Å². The molecule has 2 aromatic carbocycles. The predicted octanol–water partition coefficient (Wildman–Crippen LogP) is 4.15. The van der Waals surface area contributed by atoms with Crippen molar-refractivity contribution >= 4 is 29.2 Å². The number of anilines is 2. The zero-order chi connectivity index (χ0) is 21.6. The molecule has 2 aromatic rings. The highest BCUT2D eigenvalue weighted by atomic mass is 16.5. The smallest absolute Gasteiger partial charge is 0.337 e. The molecule has 0 aromatic heterocycles. The van der Waals surface area contributed by atoms with Gasteiger partial charge in [0.15, 0.2) is 0 Å². The van der Waals surface area contributed by atoms with E-state index in [0.29, 0.717) is 16.9 Å². The van der Waals surface area contributed by atoms with Crippen molar-refractivity contribution in [3.05, 3.63) is 59.7 Å². The van der Waals surface area contributed by atoms with Crippen LogP contribution >= 0.6 is 0 Å². The van der Waals surface area contributed by atoms with Crippen molar-refractivity contribution in [3.63, 3.8) is 0 Å². The van der Waals surface area contributed by atoms with E-state index in [1.54, 1.807) is 24.3 Å². The quantitative estimate of drug-likeness (QED) is 0.744. The number of carbonyl (C=O) groups is 3. The van der Waals surface area contributed by atoms with Gasteiger partial charge in [0.2, 0.25) is 11.8 Å². The largest absolute Gasteiger partial charge is 0.465 e. The minimum absolute atomic E-state index is 0.0449. The SMILES string of the molecule is COC(=O)c1cccc(N(CCC(=O)Nc2ccc(C(C)(C)C)cc2)C(C)=O)c1. The molecule has 0 fully saturated rings. The number of rotatable bonds is 6. The highest BCUT2D eigenvalue weighted by molar-refractivity contribution is 5.96. The van der Waals surface area contributed by atoms with Gasteiger partial charge in [-0.3, -0.25) is 9.59 Å². The Kier molecular flexibility index (Phi) is 7.15. The summed E-state index contributed by atoms with van der Waals surface area (Å²) in [5, 5.41) is 2.85. The van der Waals surface area contributed by atoms with E-state index in [2.05, 4.69) is 26.1 Å². The molecule has 0 aliphatic carbocycles. The molecule has 0 aliphatic heterocycles. The van der Waals surface area contributed by atoms with Crippen molar-refractivity contribution < 1.29 is 19.1 Å². The molecule has 0 bridgehead atoms. The van der Waals surface area contributed by atoms with Crippen molar-refractivity contribution in [1.29, 1.82) is 0 Å². The van der Waals surface area contributed by atoms with Gasteiger partial charge < -0.3 is 15.0 Å². The first kappa shape index (κ1) is 22.1. The van der Waals surface area contributed by atoms with Gasteiger partial charge in [-0.1, -0.05) is 39.0 Å². The van der Waals surface area contributed by atoms with Gasteiger partial charge in [0.25, 0.3) is 0 Å². The van der Waals surface area contributed by atoms with E-state index in [9.17, 15) is 14.4 Å². The van der Waals surface area contributed by atoms with Crippen LogP contribution in [0.3, 0.4) is 0 Å². The van der Waals surface area contributed by atoms with Gasteiger partial charge in [0.1, 0.15) is 0 Å². The van der Waals surface area contributed by atoms with Crippen molar-refractivity contribution in [2.45, 2.75) is 39.5 Å². The van der Waals surface area contributed by atoms with Crippen LogP contribution in [0, 0.1) is 0 Å². The molecule has 154 valence electrons. The average molecular weight is 396 g/mol. The van der Waals surface area contributed by atoms with Crippen LogP contribution in [-0.2, 0) is 19.7 Å². The number of carbonyl (C=O) groups excluding carboxylic acids is 3. The monoisotopic (exact) mass is 396 g/mol. The molecule has 0 spiro atoms. The third-order valence-electron chi connectivity index (χ3n) is 4.56. The zero-order valence-corrected chi connectivity index (χ0v) is 17.6. The summed E-state index contributed by atoms with van der Waals surface area (Å²) in [5.74, 6) is -0.884. The summed E-state index contributed by atoms with van der Waals surface area (Å²) in [6.07, 6.45) is 0.128. The van der Waals surface area contributed by atoms with E-state index < -0.39 is 5.97 Å². The van der Waals surface area contributed by atoms with Crippen LogP contribution in [0.4, 0.5) is 11.4 Å². The molecular weight excluding hydrogens is 368 g/mol. The Morgan fingerprint density at radius 1 is 1.03 bits per heavy atom. The molecule has 0 saturated carbocycles. The van der Waals surface area contributed by atoms with Crippen molar-refractivity contribution in [2.24, 2.45) is 0 Å². The summed E-state index contributed by atoms with van der Waals surface area (Å²) in [7, 11) is 1.30. The minimum atomic E-state index is -0.480. The lowest BCUT2D eigenvalue weighted by molar-refractivity contribution is -0.117. The van der Waals surface area contributed by atoms with E-state index in [1.807, 2.05) is 24.3 Å². The van der Waals surface area contributed by atoms with Crippen LogP contribution in [0.1, 0.15) is 50.0 Å². The molecule has 0 saturated heterocycles. The number of hydrogen-bond donors (Lipinski definition) is 1. The maximum atomic E-state index is 12.4. The zero-order valence-electron chi connectivity index (χ0n) is 17.6. The number of methoxy groups -OCH3 is 1. The Bertz CT molecular complexity index is 882. The van der Waals surface area contributed by atoms with Crippen LogP contribution in [0.5, 0.6) is 0 Å². The summed E-state index contributed by atoms with van der Waals surface area (Å²) < 4.78 is 4.72. The van der Waals surface area contributed by atoms with Gasteiger partial charge in [-0.25, -0.2) is 4.79 Å². The second-order valence-corrected chi connectivity index (χ2v) is 7.84. The number of nitrogens with zero attached hydrogens (tertiary/aromatic N) is 1. The highest BCUT2D eigenvalue weighted by Crippen LogP contribution is 2.23. The number of amides is 2. The van der Waals surface area contributed by atoms with E-state index >= 15 is 0 Å². The van der Waals surface area contributed by atoms with Crippen LogP contribution in [0.25, 0.3) is 0 Å². The van der Waals surface area contributed by atoms with Gasteiger partial charge in [-0.2, -0.15) is 0 Å². The first-order chi connectivity index (χ1) is 13.6. The third-order valence-corrected chi connectivity index (χ3v) is 4.56. The fraction of sp³-hybridized carbons (Fsp3) is 0.348. The minimum Gasteiger partial charge on any atom is -0.465 e. The summed E-state index contributed by atoms with van der Waals surface area (Å²) in [6.45, 7) is 8.02. The first-order valence-electron chi connectivity index (χ1n) is 9.48. The topological polar surface area (TPSA) is 75.7 Å². The first-order valence-corrected chi connectivity index (χ1v) is 9.48. The fourth-order valence-corrected chi connectivity index (χ4v) is 2.88. The van der Waals surface area contributed by atoms with Crippen LogP contribution in [0.15, 0.2) is 48.5 Å². The molecule has 0 unspecified atom stereocenters. The number of benzene rings is 2. The maximum Gasteiger partial charge on any atom is 0.337 e.